The number of benzene rings is 2. The molecule has 6 nitrogen and oxygen atoms in total. The molecule has 2 aromatic carbocycles. The maximum Gasteiger partial charge on any atom is 0.303 e. The van der Waals surface area contributed by atoms with Crippen molar-refractivity contribution in [3.8, 4) is 17.6 Å². The molecule has 38 heavy (non-hydrogen) atoms. The van der Waals surface area contributed by atoms with Gasteiger partial charge < -0.3 is 14.9 Å². The fourth-order valence-electron chi connectivity index (χ4n) is 5.08. The van der Waals surface area contributed by atoms with Crippen LogP contribution in [0.25, 0.3) is 10.9 Å². The van der Waals surface area contributed by atoms with Gasteiger partial charge in [0.25, 0.3) is 0 Å². The van der Waals surface area contributed by atoms with E-state index in [1.165, 1.54) is 18.3 Å². The smallest absolute Gasteiger partial charge is 0.303 e. The van der Waals surface area contributed by atoms with Crippen molar-refractivity contribution in [2.75, 3.05) is 26.7 Å². The Bertz CT molecular complexity index is 1380. The first-order valence-electron chi connectivity index (χ1n) is 12.4. The third-order valence-corrected chi connectivity index (χ3v) is 7.86. The zero-order valence-corrected chi connectivity index (χ0v) is 22.5. The van der Waals surface area contributed by atoms with Crippen LogP contribution >= 0.6 is 23.2 Å². The lowest BCUT2D eigenvalue weighted by Gasteiger charge is -2.41. The van der Waals surface area contributed by atoms with Gasteiger partial charge in [-0.05, 0) is 80.6 Å². The molecule has 0 aliphatic carbocycles. The molecule has 2 N–H and O–H groups in total. The standard InChI is InChI=1S/C29H29Cl2FN2O4/c1-38-21-6-7-25-22(16-21)28(24(31)18-33-25)26(35)8-9-29(17-27(36)37)10-13-34(14-11-29)12-2-3-19-4-5-20(32)15-23(19)30/h4-7,15-16,18,26,35H,8-14,17H2,1H3,(H,36,37)/t26-/m1/s1. The number of carbonyl (C=O) groups is 1. The van der Waals surface area contributed by atoms with E-state index in [1.54, 1.807) is 25.3 Å². The molecule has 0 saturated carbocycles. The van der Waals surface area contributed by atoms with Crippen molar-refractivity contribution in [3.63, 3.8) is 0 Å². The molecule has 0 amide bonds. The minimum absolute atomic E-state index is 0.0308. The number of rotatable bonds is 8. The van der Waals surface area contributed by atoms with Crippen molar-refractivity contribution in [1.29, 1.82) is 0 Å². The Morgan fingerprint density at radius 3 is 2.66 bits per heavy atom. The van der Waals surface area contributed by atoms with Crippen LogP contribution in [0, 0.1) is 23.1 Å². The normalized spacial score (nSPS) is 16.0. The second-order valence-electron chi connectivity index (χ2n) is 9.73. The highest BCUT2D eigenvalue weighted by atomic mass is 35.5. The van der Waals surface area contributed by atoms with Crippen molar-refractivity contribution < 1.29 is 24.1 Å². The number of fused-ring (bicyclic) bond motifs is 1. The van der Waals surface area contributed by atoms with Gasteiger partial charge in [-0.3, -0.25) is 14.7 Å². The van der Waals surface area contributed by atoms with Crippen LogP contribution < -0.4 is 4.74 Å². The lowest BCUT2D eigenvalue weighted by molar-refractivity contribution is -0.141. The number of nitrogens with zero attached hydrogens (tertiary/aromatic N) is 2. The molecule has 3 aromatic rings. The van der Waals surface area contributed by atoms with E-state index in [0.717, 1.165) is 0 Å². The number of piperidine rings is 1. The highest BCUT2D eigenvalue weighted by Gasteiger charge is 2.37. The van der Waals surface area contributed by atoms with Crippen molar-refractivity contribution >= 4 is 40.1 Å². The van der Waals surface area contributed by atoms with Gasteiger partial charge in [0, 0.05) is 22.7 Å². The number of aromatic nitrogens is 1. The zero-order chi connectivity index (χ0) is 27.3. The lowest BCUT2D eigenvalue weighted by atomic mass is 9.71. The number of methoxy groups -OCH3 is 1. The first-order valence-corrected chi connectivity index (χ1v) is 13.1. The fourth-order valence-corrected chi connectivity index (χ4v) is 5.57. The third kappa shape index (κ3) is 6.75. The van der Waals surface area contributed by atoms with Crippen LogP contribution in [0.2, 0.25) is 10.0 Å². The van der Waals surface area contributed by atoms with Gasteiger partial charge in [-0.1, -0.05) is 35.0 Å². The number of aliphatic hydroxyl groups is 1. The van der Waals surface area contributed by atoms with E-state index < -0.39 is 23.3 Å². The van der Waals surface area contributed by atoms with Crippen LogP contribution in [0.3, 0.4) is 0 Å². The summed E-state index contributed by atoms with van der Waals surface area (Å²) in [6.07, 6.45) is 2.92. The number of likely N-dealkylation sites (tertiary alicyclic amines) is 1. The Morgan fingerprint density at radius 2 is 1.97 bits per heavy atom. The Kier molecular flexibility index (Phi) is 9.11. The molecule has 1 aliphatic heterocycles. The van der Waals surface area contributed by atoms with Crippen molar-refractivity contribution in [2.45, 2.75) is 38.2 Å². The molecule has 1 aliphatic rings. The molecule has 200 valence electrons. The SMILES string of the molecule is COc1ccc2ncc(Cl)c([C@H](O)CCC3(CC(=O)O)CCN(CC#Cc4ccc(F)cc4Cl)CC3)c2c1. The van der Waals surface area contributed by atoms with Gasteiger partial charge in [-0.15, -0.1) is 0 Å². The highest BCUT2D eigenvalue weighted by molar-refractivity contribution is 6.32. The Hall–Kier alpha value is -2.89. The van der Waals surface area contributed by atoms with Crippen LogP contribution in [0.4, 0.5) is 4.39 Å². The van der Waals surface area contributed by atoms with Crippen LogP contribution in [-0.4, -0.2) is 52.8 Å². The van der Waals surface area contributed by atoms with Crippen LogP contribution in [0.5, 0.6) is 5.75 Å². The van der Waals surface area contributed by atoms with Crippen LogP contribution in [0.1, 0.15) is 49.3 Å². The Balaban J connectivity index is 1.43. The van der Waals surface area contributed by atoms with Gasteiger partial charge in [0.05, 0.1) is 41.7 Å². The lowest BCUT2D eigenvalue weighted by Crippen LogP contribution is -2.41. The maximum atomic E-state index is 13.2. The quantitative estimate of drug-likeness (QED) is 0.324. The van der Waals surface area contributed by atoms with Gasteiger partial charge in [0.1, 0.15) is 11.6 Å². The number of hydrogen-bond donors (Lipinski definition) is 2. The number of ether oxygens (including phenoxy) is 1. The van der Waals surface area contributed by atoms with Gasteiger partial charge in [-0.2, -0.15) is 0 Å². The topological polar surface area (TPSA) is 82.9 Å². The van der Waals surface area contributed by atoms with Crippen LogP contribution in [0.15, 0.2) is 42.6 Å². The van der Waals surface area contributed by atoms with Crippen molar-refractivity contribution in [2.24, 2.45) is 5.41 Å². The largest absolute Gasteiger partial charge is 0.497 e. The molecule has 0 spiro atoms. The summed E-state index contributed by atoms with van der Waals surface area (Å²) in [5.74, 6) is 5.44. The van der Waals surface area contributed by atoms with E-state index >= 15 is 0 Å². The number of hydrogen-bond acceptors (Lipinski definition) is 5. The number of carboxylic acid groups (broad SMARTS) is 1. The number of halogens is 3. The molecule has 0 unspecified atom stereocenters. The van der Waals surface area contributed by atoms with Gasteiger partial charge in [-0.25, -0.2) is 4.39 Å². The number of aliphatic hydroxyl groups excluding tert-OH is 1. The highest BCUT2D eigenvalue weighted by Crippen LogP contribution is 2.43. The third-order valence-electron chi connectivity index (χ3n) is 7.25. The molecule has 0 bridgehead atoms. The second kappa shape index (κ2) is 12.3. The first-order chi connectivity index (χ1) is 18.2. The number of aliphatic carboxylic acids is 1. The van der Waals surface area contributed by atoms with Crippen molar-refractivity contribution in [3.05, 3.63) is 69.6 Å². The average Bonchev–Trinajstić information content (AvgIpc) is 2.89. The predicted octanol–water partition coefficient (Wildman–Crippen LogP) is 6.11. The predicted molar refractivity (Wildman–Crippen MR) is 146 cm³/mol. The summed E-state index contributed by atoms with van der Waals surface area (Å²) in [7, 11) is 1.57. The second-order valence-corrected chi connectivity index (χ2v) is 10.5. The fraction of sp³-hybridized carbons (Fsp3) is 0.379. The summed E-state index contributed by atoms with van der Waals surface area (Å²) in [6, 6.07) is 9.53. The average molecular weight is 559 g/mol. The number of pyridine rings is 1. The Labute approximate surface area is 231 Å². The zero-order valence-electron chi connectivity index (χ0n) is 21.0. The molecule has 2 heterocycles. The molecular formula is C29H29Cl2FN2O4. The van der Waals surface area contributed by atoms with E-state index in [0.29, 0.717) is 78.1 Å². The summed E-state index contributed by atoms with van der Waals surface area (Å²) in [6.45, 7) is 1.87. The molecular weight excluding hydrogens is 530 g/mol. The van der Waals surface area contributed by atoms with E-state index in [-0.39, 0.29) is 11.4 Å². The summed E-state index contributed by atoms with van der Waals surface area (Å²) in [4.78, 5) is 18.3. The monoisotopic (exact) mass is 558 g/mol. The molecule has 1 atom stereocenters. The van der Waals surface area contributed by atoms with E-state index in [4.69, 9.17) is 27.9 Å². The van der Waals surface area contributed by atoms with Gasteiger partial charge in [0.2, 0.25) is 0 Å². The summed E-state index contributed by atoms with van der Waals surface area (Å²) in [5.41, 5.74) is 1.40. The molecule has 0 radical (unpaired) electrons. The number of carboxylic acids is 1. The minimum Gasteiger partial charge on any atom is -0.497 e. The molecule has 1 aromatic heterocycles. The Morgan fingerprint density at radius 1 is 1.21 bits per heavy atom. The summed E-state index contributed by atoms with van der Waals surface area (Å²) in [5, 5.41) is 22.2. The first kappa shape index (κ1) is 28.1. The van der Waals surface area contributed by atoms with E-state index in [2.05, 4.69) is 21.7 Å². The molecule has 9 heteroatoms. The van der Waals surface area contributed by atoms with Gasteiger partial charge in [0.15, 0.2) is 0 Å². The molecule has 4 rings (SSSR count). The minimum atomic E-state index is -0.880. The molecule has 1 saturated heterocycles. The van der Waals surface area contributed by atoms with E-state index in [1.807, 2.05) is 6.07 Å². The van der Waals surface area contributed by atoms with E-state index in [9.17, 15) is 19.4 Å². The van der Waals surface area contributed by atoms with Crippen LogP contribution in [-0.2, 0) is 4.79 Å². The summed E-state index contributed by atoms with van der Waals surface area (Å²) >= 11 is 12.5. The van der Waals surface area contributed by atoms with Crippen molar-refractivity contribution in [1.82, 2.24) is 9.88 Å². The molecule has 1 fully saturated rings. The summed E-state index contributed by atoms with van der Waals surface area (Å²) < 4.78 is 18.6. The maximum absolute atomic E-state index is 13.2. The van der Waals surface area contributed by atoms with Gasteiger partial charge >= 0.3 is 5.97 Å².